The van der Waals surface area contributed by atoms with E-state index in [1.807, 2.05) is 40.1 Å². The van der Waals surface area contributed by atoms with E-state index < -0.39 is 11.7 Å². The summed E-state index contributed by atoms with van der Waals surface area (Å²) in [5, 5.41) is 5.85. The highest BCUT2D eigenvalue weighted by atomic mass is 32.1. The highest BCUT2D eigenvalue weighted by Gasteiger charge is 2.19. The van der Waals surface area contributed by atoms with Crippen LogP contribution in [0.1, 0.15) is 31.5 Å². The minimum atomic E-state index is -0.494. The summed E-state index contributed by atoms with van der Waals surface area (Å²) in [4.78, 5) is 18.2. The quantitative estimate of drug-likeness (QED) is 0.836. The lowest BCUT2D eigenvalue weighted by molar-refractivity contribution is 0.0511. The Kier molecular flexibility index (Phi) is 6.57. The molecule has 120 valence electrons. The molecule has 1 atom stereocenters. The zero-order valence-corrected chi connectivity index (χ0v) is 14.3. The molecule has 0 saturated heterocycles. The number of aromatic nitrogens is 1. The summed E-state index contributed by atoms with van der Waals surface area (Å²) in [6.45, 7) is 9.11. The maximum absolute atomic E-state index is 11.7. The third-order valence-electron chi connectivity index (χ3n) is 2.85. The number of amides is 1. The average molecular weight is 314 g/mol. The highest BCUT2D eigenvalue weighted by Crippen LogP contribution is 2.11. The van der Waals surface area contributed by atoms with E-state index in [2.05, 4.69) is 15.2 Å². The molecule has 0 bridgehead atoms. The van der Waals surface area contributed by atoms with Gasteiger partial charge < -0.3 is 15.8 Å². The van der Waals surface area contributed by atoms with Gasteiger partial charge in [0.25, 0.3) is 0 Å². The molecule has 0 radical (unpaired) electrons. The third kappa shape index (κ3) is 6.88. The minimum Gasteiger partial charge on any atom is -0.444 e. The molecule has 21 heavy (non-hydrogen) atoms. The number of carbonyl (C=O) groups excluding carboxylic acids is 1. The Morgan fingerprint density at radius 1 is 1.57 bits per heavy atom. The lowest BCUT2D eigenvalue weighted by atomic mass is 10.2. The van der Waals surface area contributed by atoms with Crippen LogP contribution in [-0.2, 0) is 11.3 Å². The van der Waals surface area contributed by atoms with Crippen LogP contribution in [0.2, 0.25) is 0 Å². The standard InChI is InChI=1S/C14H26N4O2S/c1-10-17-11(9-21-10)8-18(5)12(6-15)7-16-13(19)20-14(2,3)4/h9,12H,6-8,15H2,1-5H3,(H,16,19). The van der Waals surface area contributed by atoms with Crippen molar-refractivity contribution < 1.29 is 9.53 Å². The number of nitrogens with zero attached hydrogens (tertiary/aromatic N) is 2. The number of aryl methyl sites for hydroxylation is 1. The molecule has 3 N–H and O–H groups in total. The number of hydrogen-bond donors (Lipinski definition) is 2. The van der Waals surface area contributed by atoms with Gasteiger partial charge in [-0.3, -0.25) is 4.90 Å². The van der Waals surface area contributed by atoms with Crippen molar-refractivity contribution in [2.45, 2.75) is 45.9 Å². The van der Waals surface area contributed by atoms with E-state index in [-0.39, 0.29) is 6.04 Å². The molecule has 0 saturated carbocycles. The van der Waals surface area contributed by atoms with Crippen LogP contribution in [0.15, 0.2) is 5.38 Å². The summed E-state index contributed by atoms with van der Waals surface area (Å²) in [6.07, 6.45) is -0.418. The van der Waals surface area contributed by atoms with Crippen molar-refractivity contribution in [1.82, 2.24) is 15.2 Å². The SMILES string of the molecule is Cc1nc(CN(C)C(CN)CNC(=O)OC(C)(C)C)cs1. The van der Waals surface area contributed by atoms with E-state index >= 15 is 0 Å². The fourth-order valence-corrected chi connectivity index (χ4v) is 2.40. The lowest BCUT2D eigenvalue weighted by Gasteiger charge is -2.27. The molecule has 1 aromatic heterocycles. The first-order chi connectivity index (χ1) is 9.71. The summed E-state index contributed by atoms with van der Waals surface area (Å²) in [7, 11) is 1.98. The topological polar surface area (TPSA) is 80.5 Å². The van der Waals surface area contributed by atoms with Gasteiger partial charge >= 0.3 is 6.09 Å². The predicted molar refractivity (Wildman–Crippen MR) is 85.4 cm³/mol. The number of thiazole rings is 1. The lowest BCUT2D eigenvalue weighted by Crippen LogP contribution is -2.47. The first-order valence-corrected chi connectivity index (χ1v) is 7.87. The van der Waals surface area contributed by atoms with Gasteiger partial charge in [0, 0.05) is 31.1 Å². The molecule has 0 spiro atoms. The monoisotopic (exact) mass is 314 g/mol. The molecule has 6 nitrogen and oxygen atoms in total. The highest BCUT2D eigenvalue weighted by molar-refractivity contribution is 7.09. The summed E-state index contributed by atoms with van der Waals surface area (Å²) < 4.78 is 5.21. The van der Waals surface area contributed by atoms with Crippen molar-refractivity contribution in [3.63, 3.8) is 0 Å². The fourth-order valence-electron chi connectivity index (χ4n) is 1.80. The summed E-state index contributed by atoms with van der Waals surface area (Å²) >= 11 is 1.63. The number of carbonyl (C=O) groups is 1. The number of likely N-dealkylation sites (N-methyl/N-ethyl adjacent to an activating group) is 1. The van der Waals surface area contributed by atoms with Gasteiger partial charge in [0.05, 0.1) is 10.7 Å². The zero-order chi connectivity index (χ0) is 16.0. The van der Waals surface area contributed by atoms with Crippen molar-refractivity contribution in [2.24, 2.45) is 5.73 Å². The number of nitrogens with one attached hydrogen (secondary N) is 1. The first kappa shape index (κ1) is 17.9. The van der Waals surface area contributed by atoms with Gasteiger partial charge in [-0.15, -0.1) is 11.3 Å². The van der Waals surface area contributed by atoms with E-state index in [1.165, 1.54) is 0 Å². The van der Waals surface area contributed by atoms with Gasteiger partial charge in [-0.25, -0.2) is 9.78 Å². The van der Waals surface area contributed by atoms with Gasteiger partial charge in [-0.2, -0.15) is 0 Å². The van der Waals surface area contributed by atoms with Crippen molar-refractivity contribution >= 4 is 17.4 Å². The Bertz CT molecular complexity index is 456. The largest absolute Gasteiger partial charge is 0.444 e. The summed E-state index contributed by atoms with van der Waals surface area (Å²) in [5.74, 6) is 0. The molecule has 1 unspecified atom stereocenters. The van der Waals surface area contributed by atoms with Crippen LogP contribution in [0, 0.1) is 6.92 Å². The van der Waals surface area contributed by atoms with Crippen LogP contribution in [-0.4, -0.2) is 47.8 Å². The maximum atomic E-state index is 11.7. The first-order valence-electron chi connectivity index (χ1n) is 6.99. The Hall–Kier alpha value is -1.18. The Balaban J connectivity index is 2.45. The Morgan fingerprint density at radius 2 is 2.24 bits per heavy atom. The molecule has 7 heteroatoms. The van der Waals surface area contributed by atoms with Gasteiger partial charge in [0.2, 0.25) is 0 Å². The molecule has 0 aromatic carbocycles. The second-order valence-electron chi connectivity index (χ2n) is 6.05. The number of rotatable bonds is 6. The van der Waals surface area contributed by atoms with Crippen molar-refractivity contribution in [3.8, 4) is 0 Å². The molecule has 0 aliphatic rings. The number of alkyl carbamates (subject to hydrolysis) is 1. The van der Waals surface area contributed by atoms with E-state index in [1.54, 1.807) is 11.3 Å². The predicted octanol–water partition coefficient (Wildman–Crippen LogP) is 1.74. The van der Waals surface area contributed by atoms with Crippen LogP contribution >= 0.6 is 11.3 Å². The molecule has 1 aromatic rings. The number of hydrogen-bond acceptors (Lipinski definition) is 6. The Morgan fingerprint density at radius 3 is 2.71 bits per heavy atom. The van der Waals surface area contributed by atoms with Gasteiger partial charge in [0.1, 0.15) is 5.60 Å². The van der Waals surface area contributed by atoms with Gasteiger partial charge in [0.15, 0.2) is 0 Å². The molecule has 1 heterocycles. The average Bonchev–Trinajstić information content (AvgIpc) is 2.73. The van der Waals surface area contributed by atoms with Gasteiger partial charge in [-0.1, -0.05) is 0 Å². The van der Waals surface area contributed by atoms with Crippen LogP contribution in [0.3, 0.4) is 0 Å². The van der Waals surface area contributed by atoms with E-state index in [0.29, 0.717) is 19.6 Å². The zero-order valence-electron chi connectivity index (χ0n) is 13.5. The van der Waals surface area contributed by atoms with Crippen LogP contribution < -0.4 is 11.1 Å². The minimum absolute atomic E-state index is 0.0412. The summed E-state index contributed by atoms with van der Waals surface area (Å²) in [6, 6.07) is 0.0412. The second kappa shape index (κ2) is 7.72. The maximum Gasteiger partial charge on any atom is 0.407 e. The van der Waals surface area contributed by atoms with Crippen molar-refractivity contribution in [3.05, 3.63) is 16.1 Å². The molecule has 0 fully saturated rings. The molecule has 1 rings (SSSR count). The number of ether oxygens (including phenoxy) is 1. The van der Waals surface area contributed by atoms with Crippen LogP contribution in [0.25, 0.3) is 0 Å². The van der Waals surface area contributed by atoms with Crippen molar-refractivity contribution in [2.75, 3.05) is 20.1 Å². The van der Waals surface area contributed by atoms with Gasteiger partial charge in [-0.05, 0) is 34.7 Å². The third-order valence-corrected chi connectivity index (χ3v) is 3.68. The molecular formula is C14H26N4O2S. The fraction of sp³-hybridized carbons (Fsp3) is 0.714. The van der Waals surface area contributed by atoms with Crippen molar-refractivity contribution in [1.29, 1.82) is 0 Å². The molecule has 0 aliphatic carbocycles. The second-order valence-corrected chi connectivity index (χ2v) is 7.11. The summed E-state index contributed by atoms with van der Waals surface area (Å²) in [5.41, 5.74) is 6.32. The van der Waals surface area contributed by atoms with E-state index in [9.17, 15) is 4.79 Å². The van der Waals surface area contributed by atoms with Crippen LogP contribution in [0.4, 0.5) is 4.79 Å². The van der Waals surface area contributed by atoms with Crippen LogP contribution in [0.5, 0.6) is 0 Å². The smallest absolute Gasteiger partial charge is 0.407 e. The molecule has 0 aliphatic heterocycles. The van der Waals surface area contributed by atoms with E-state index in [4.69, 9.17) is 10.5 Å². The number of nitrogens with two attached hydrogens (primary N) is 1. The Labute approximate surface area is 130 Å². The molecular weight excluding hydrogens is 288 g/mol. The molecule has 1 amide bonds. The normalized spacial score (nSPS) is 13.3. The van der Waals surface area contributed by atoms with E-state index in [0.717, 1.165) is 10.7 Å².